The van der Waals surface area contributed by atoms with Crippen LogP contribution in [0.4, 0.5) is 0 Å². The number of aryl methyl sites for hydroxylation is 1. The molecule has 0 aliphatic heterocycles. The fourth-order valence-electron chi connectivity index (χ4n) is 2.84. The summed E-state index contributed by atoms with van der Waals surface area (Å²) in [5.41, 5.74) is 3.36. The van der Waals surface area contributed by atoms with Crippen molar-refractivity contribution in [3.8, 4) is 17.1 Å². The zero-order valence-electron chi connectivity index (χ0n) is 13.8. The summed E-state index contributed by atoms with van der Waals surface area (Å²) in [7, 11) is 0. The molecule has 1 aromatic carbocycles. The predicted molar refractivity (Wildman–Crippen MR) is 100 cm³/mol. The van der Waals surface area contributed by atoms with Gasteiger partial charge in [0.2, 0.25) is 0 Å². The molecule has 128 valence electrons. The summed E-state index contributed by atoms with van der Waals surface area (Å²) in [5.74, 6) is -0.267. The Morgan fingerprint density at radius 1 is 1.20 bits per heavy atom. The Labute approximate surface area is 155 Å². The van der Waals surface area contributed by atoms with Crippen LogP contribution in [0.2, 0.25) is 10.0 Å². The first-order valence-electron chi connectivity index (χ1n) is 7.79. The van der Waals surface area contributed by atoms with Crippen molar-refractivity contribution in [2.75, 3.05) is 0 Å². The number of rotatable bonds is 4. The number of benzene rings is 1. The number of carbonyl (C=O) groups is 1. The van der Waals surface area contributed by atoms with Crippen LogP contribution in [0.3, 0.4) is 0 Å². The van der Waals surface area contributed by atoms with Crippen LogP contribution in [0, 0.1) is 6.92 Å². The monoisotopic (exact) mass is 374 g/mol. The maximum atomic E-state index is 11.5. The summed E-state index contributed by atoms with van der Waals surface area (Å²) in [6.45, 7) is 3.72. The topological polar surface area (TPSA) is 55.1 Å². The standard InChI is InChI=1S/C19H16Cl2N2O2/c1-3-12-10-23(11(2)18(12)19(24)25)17-6-4-5-16(22-17)13-7-8-14(20)15(21)9-13/h4-10H,3H2,1-2H3,(H,24,25). The maximum Gasteiger partial charge on any atom is 0.337 e. The fourth-order valence-corrected chi connectivity index (χ4v) is 3.14. The van der Waals surface area contributed by atoms with E-state index in [9.17, 15) is 9.90 Å². The van der Waals surface area contributed by atoms with Crippen LogP contribution in [-0.4, -0.2) is 20.6 Å². The number of pyridine rings is 1. The molecule has 1 N–H and O–H groups in total. The highest BCUT2D eigenvalue weighted by atomic mass is 35.5. The Balaban J connectivity index is 2.11. The highest BCUT2D eigenvalue weighted by Gasteiger charge is 2.19. The van der Waals surface area contributed by atoms with Crippen molar-refractivity contribution >= 4 is 29.2 Å². The number of hydrogen-bond donors (Lipinski definition) is 1. The molecule has 6 heteroatoms. The number of carboxylic acids is 1. The van der Waals surface area contributed by atoms with Gasteiger partial charge in [-0.1, -0.05) is 42.3 Å². The molecule has 0 atom stereocenters. The number of carboxylic acid groups (broad SMARTS) is 1. The van der Waals surface area contributed by atoms with Crippen molar-refractivity contribution in [1.82, 2.24) is 9.55 Å². The first-order chi connectivity index (χ1) is 11.9. The van der Waals surface area contributed by atoms with E-state index in [1.165, 1.54) is 0 Å². The number of hydrogen-bond acceptors (Lipinski definition) is 2. The lowest BCUT2D eigenvalue weighted by Crippen LogP contribution is -2.04. The van der Waals surface area contributed by atoms with Gasteiger partial charge in [0.05, 0.1) is 21.3 Å². The molecule has 0 saturated carbocycles. The van der Waals surface area contributed by atoms with Crippen LogP contribution in [0.25, 0.3) is 17.1 Å². The number of halogens is 2. The lowest BCUT2D eigenvalue weighted by atomic mass is 10.1. The molecule has 0 radical (unpaired) electrons. The first-order valence-corrected chi connectivity index (χ1v) is 8.55. The Morgan fingerprint density at radius 2 is 1.96 bits per heavy atom. The average Bonchev–Trinajstić information content (AvgIpc) is 2.94. The van der Waals surface area contributed by atoms with Crippen LogP contribution < -0.4 is 0 Å². The van der Waals surface area contributed by atoms with Gasteiger partial charge in [-0.05, 0) is 43.2 Å². The molecule has 0 unspecified atom stereocenters. The quantitative estimate of drug-likeness (QED) is 0.663. The van der Waals surface area contributed by atoms with E-state index in [-0.39, 0.29) is 0 Å². The minimum absolute atomic E-state index is 0.337. The van der Waals surface area contributed by atoms with Crippen molar-refractivity contribution in [3.63, 3.8) is 0 Å². The van der Waals surface area contributed by atoms with Crippen molar-refractivity contribution in [3.05, 3.63) is 69.5 Å². The van der Waals surface area contributed by atoms with E-state index in [1.54, 1.807) is 19.1 Å². The van der Waals surface area contributed by atoms with Crippen LogP contribution in [0.15, 0.2) is 42.6 Å². The Bertz CT molecular complexity index is 964. The largest absolute Gasteiger partial charge is 0.478 e. The molecule has 3 aromatic rings. The highest BCUT2D eigenvalue weighted by Crippen LogP contribution is 2.28. The van der Waals surface area contributed by atoms with E-state index in [4.69, 9.17) is 23.2 Å². The van der Waals surface area contributed by atoms with Crippen molar-refractivity contribution in [1.29, 1.82) is 0 Å². The summed E-state index contributed by atoms with van der Waals surface area (Å²) >= 11 is 12.1. The third-order valence-corrected chi connectivity index (χ3v) is 4.86. The molecule has 0 spiro atoms. The molecule has 0 aliphatic carbocycles. The van der Waals surface area contributed by atoms with Crippen LogP contribution in [0.1, 0.15) is 28.5 Å². The van der Waals surface area contributed by atoms with Gasteiger partial charge in [0.15, 0.2) is 0 Å². The SMILES string of the molecule is CCc1cn(-c2cccc(-c3ccc(Cl)c(Cl)c3)n2)c(C)c1C(=O)O. The predicted octanol–water partition coefficient (Wildman–Crippen LogP) is 5.42. The van der Waals surface area contributed by atoms with Crippen molar-refractivity contribution in [2.24, 2.45) is 0 Å². The van der Waals surface area contributed by atoms with Gasteiger partial charge in [-0.25, -0.2) is 9.78 Å². The molecule has 3 rings (SSSR count). The molecular weight excluding hydrogens is 359 g/mol. The number of aromatic nitrogens is 2. The lowest BCUT2D eigenvalue weighted by molar-refractivity contribution is 0.0695. The first kappa shape index (κ1) is 17.5. The van der Waals surface area contributed by atoms with Crippen molar-refractivity contribution < 1.29 is 9.90 Å². The van der Waals surface area contributed by atoms with Gasteiger partial charge < -0.3 is 9.67 Å². The zero-order valence-corrected chi connectivity index (χ0v) is 15.3. The summed E-state index contributed by atoms with van der Waals surface area (Å²) in [5, 5.41) is 10.4. The zero-order chi connectivity index (χ0) is 18.1. The normalized spacial score (nSPS) is 10.9. The Morgan fingerprint density at radius 3 is 2.56 bits per heavy atom. The second kappa shape index (κ2) is 6.90. The van der Waals surface area contributed by atoms with Crippen molar-refractivity contribution in [2.45, 2.75) is 20.3 Å². The molecule has 2 heterocycles. The van der Waals surface area contributed by atoms with E-state index in [2.05, 4.69) is 4.98 Å². The van der Waals surface area contributed by atoms with E-state index >= 15 is 0 Å². The molecule has 0 saturated heterocycles. The minimum atomic E-state index is -0.922. The number of aromatic carboxylic acids is 1. The highest BCUT2D eigenvalue weighted by molar-refractivity contribution is 6.42. The van der Waals surface area contributed by atoms with E-state index in [1.807, 2.05) is 42.0 Å². The van der Waals surface area contributed by atoms with Crippen LogP contribution >= 0.6 is 23.2 Å². The molecule has 4 nitrogen and oxygen atoms in total. The molecule has 2 aromatic heterocycles. The van der Waals surface area contributed by atoms with E-state index < -0.39 is 5.97 Å². The fraction of sp³-hybridized carbons (Fsp3) is 0.158. The second-order valence-corrected chi connectivity index (χ2v) is 6.47. The third kappa shape index (κ3) is 3.28. The molecule has 0 bridgehead atoms. The van der Waals surface area contributed by atoms with Gasteiger partial charge in [-0.15, -0.1) is 0 Å². The molecule has 0 amide bonds. The molecular formula is C19H16Cl2N2O2. The van der Waals surface area contributed by atoms with Gasteiger partial charge in [0.25, 0.3) is 0 Å². The summed E-state index contributed by atoms with van der Waals surface area (Å²) in [6, 6.07) is 10.9. The Hall–Kier alpha value is -2.30. The van der Waals surface area contributed by atoms with Gasteiger partial charge in [0, 0.05) is 17.5 Å². The molecule has 0 fully saturated rings. The van der Waals surface area contributed by atoms with Gasteiger partial charge in [-0.3, -0.25) is 0 Å². The van der Waals surface area contributed by atoms with Crippen LogP contribution in [-0.2, 0) is 6.42 Å². The molecule has 25 heavy (non-hydrogen) atoms. The maximum absolute atomic E-state index is 11.5. The average molecular weight is 375 g/mol. The van der Waals surface area contributed by atoms with Crippen LogP contribution in [0.5, 0.6) is 0 Å². The minimum Gasteiger partial charge on any atom is -0.478 e. The summed E-state index contributed by atoms with van der Waals surface area (Å²) in [6.07, 6.45) is 2.47. The summed E-state index contributed by atoms with van der Waals surface area (Å²) < 4.78 is 1.81. The lowest BCUT2D eigenvalue weighted by Gasteiger charge is -2.09. The van der Waals surface area contributed by atoms with E-state index in [0.717, 1.165) is 16.8 Å². The van der Waals surface area contributed by atoms with Gasteiger partial charge >= 0.3 is 5.97 Å². The second-order valence-electron chi connectivity index (χ2n) is 5.65. The van der Waals surface area contributed by atoms with Gasteiger partial charge in [-0.2, -0.15) is 0 Å². The number of nitrogens with zero attached hydrogens (tertiary/aromatic N) is 2. The molecule has 0 aliphatic rings. The summed E-state index contributed by atoms with van der Waals surface area (Å²) in [4.78, 5) is 16.2. The smallest absolute Gasteiger partial charge is 0.337 e. The van der Waals surface area contributed by atoms with Gasteiger partial charge in [0.1, 0.15) is 5.82 Å². The third-order valence-electron chi connectivity index (χ3n) is 4.12. The Kier molecular flexibility index (Phi) is 4.84. The van der Waals surface area contributed by atoms with E-state index in [0.29, 0.717) is 33.5 Å².